The van der Waals surface area contributed by atoms with Crippen molar-refractivity contribution in [2.45, 2.75) is 105 Å². The van der Waals surface area contributed by atoms with Crippen molar-refractivity contribution < 1.29 is 36.3 Å². The Labute approximate surface area is 396 Å². The molecule has 1 saturated carbocycles. The first kappa shape index (κ1) is 47.9. The Morgan fingerprint density at radius 1 is 0.851 bits per heavy atom. The van der Waals surface area contributed by atoms with Crippen LogP contribution in [-0.2, 0) is 36.1 Å². The molecule has 0 aromatic heterocycles. The summed E-state index contributed by atoms with van der Waals surface area (Å²) in [7, 11) is -2.36. The molecule has 16 heteroatoms. The number of rotatable bonds is 16. The summed E-state index contributed by atoms with van der Waals surface area (Å²) in [5, 5.41) is 2.47. The highest BCUT2D eigenvalue weighted by atomic mass is 32.2. The van der Waals surface area contributed by atoms with Crippen molar-refractivity contribution in [1.82, 2.24) is 29.8 Å². The van der Waals surface area contributed by atoms with Gasteiger partial charge in [0.1, 0.15) is 17.2 Å². The molecule has 0 unspecified atom stereocenters. The van der Waals surface area contributed by atoms with Crippen molar-refractivity contribution in [3.05, 3.63) is 71.6 Å². The Morgan fingerprint density at radius 3 is 2.33 bits per heavy atom. The van der Waals surface area contributed by atoms with E-state index in [1.807, 2.05) is 34.1 Å². The van der Waals surface area contributed by atoms with Gasteiger partial charge in [0.25, 0.3) is 0 Å². The van der Waals surface area contributed by atoms with Crippen molar-refractivity contribution in [2.75, 3.05) is 104 Å². The molecule has 7 fully saturated rings. The van der Waals surface area contributed by atoms with Crippen LogP contribution in [0.25, 0.3) is 0 Å². The zero-order valence-electron chi connectivity index (χ0n) is 39.3. The van der Waals surface area contributed by atoms with E-state index in [2.05, 4.69) is 20.0 Å². The smallest absolute Gasteiger partial charge is 0.407 e. The third-order valence-corrected chi connectivity index (χ3v) is 18.6. The first-order valence-corrected chi connectivity index (χ1v) is 26.7. The summed E-state index contributed by atoms with van der Waals surface area (Å²) < 4.78 is 62.6. The maximum Gasteiger partial charge on any atom is 0.407 e. The number of amides is 3. The molecule has 2 aromatic rings. The predicted octanol–water partition coefficient (Wildman–Crippen LogP) is 5.63. The molecule has 13 nitrogen and oxygen atoms in total. The van der Waals surface area contributed by atoms with Crippen LogP contribution < -0.4 is 10.2 Å². The minimum absolute atomic E-state index is 0.000233. The minimum Gasteiger partial charge on any atom is -0.453 e. The fraction of sp³-hybridized carbons (Fsp3) is 0.667. The van der Waals surface area contributed by atoms with Crippen molar-refractivity contribution in [2.24, 2.45) is 17.8 Å². The van der Waals surface area contributed by atoms with Crippen LogP contribution in [0.1, 0.15) is 81.8 Å². The molecule has 6 heterocycles. The summed E-state index contributed by atoms with van der Waals surface area (Å²) in [5.74, 6) is 0.277. The highest BCUT2D eigenvalue weighted by Crippen LogP contribution is 2.51. The van der Waals surface area contributed by atoms with Gasteiger partial charge in [0, 0.05) is 108 Å². The Morgan fingerprint density at radius 2 is 1.61 bits per heavy atom. The van der Waals surface area contributed by atoms with Gasteiger partial charge in [-0.15, -0.1) is 0 Å². The number of ether oxygens (including phenoxy) is 1. The average molecular weight is 948 g/mol. The number of nitrogens with one attached hydrogen (secondary N) is 1. The number of piperidine rings is 3. The zero-order valence-corrected chi connectivity index (χ0v) is 40.2. The fourth-order valence-electron chi connectivity index (χ4n) is 12.6. The Bertz CT molecular complexity index is 2220. The quantitative estimate of drug-likeness (QED) is 0.212. The maximum atomic E-state index is 15.3. The predicted molar refractivity (Wildman–Crippen MR) is 254 cm³/mol. The van der Waals surface area contributed by atoms with Crippen LogP contribution in [0.5, 0.6) is 0 Å². The van der Waals surface area contributed by atoms with E-state index in [9.17, 15) is 27.2 Å². The van der Waals surface area contributed by atoms with Crippen LogP contribution in [0, 0.1) is 23.6 Å². The van der Waals surface area contributed by atoms with Gasteiger partial charge < -0.3 is 29.7 Å². The van der Waals surface area contributed by atoms with E-state index in [0.29, 0.717) is 37.5 Å². The van der Waals surface area contributed by atoms with E-state index in [1.54, 1.807) is 29.2 Å². The average Bonchev–Trinajstić information content (AvgIpc) is 3.74. The van der Waals surface area contributed by atoms with Gasteiger partial charge in [0.15, 0.2) is 9.84 Å². The highest BCUT2D eigenvalue weighted by molar-refractivity contribution is 7.92. The van der Waals surface area contributed by atoms with Crippen LogP contribution in [0.15, 0.2) is 59.5 Å². The molecule has 3 amide bonds. The van der Waals surface area contributed by atoms with Gasteiger partial charge in [-0.2, -0.15) is 0 Å². The number of likely N-dealkylation sites (tertiary alicyclic amines) is 5. The van der Waals surface area contributed by atoms with Crippen LogP contribution in [-0.4, -0.2) is 167 Å². The Balaban J connectivity index is 0.846. The Kier molecular flexibility index (Phi) is 14.9. The molecular weight excluding hydrogens is 877 g/mol. The SMILES string of the molecule is COC(=O)N[C@H]1CCC[C@@H]1[C@](CN1CCCCC1=O)(c1cccc(F)c1)C1CCN(CC2CN(c3ccc(S(=O)(=O)C4CN(C(=O)/C=C/CN5CCCCC5)C4)c(CN4CC(F)C4)c3)C2)CC1. The van der Waals surface area contributed by atoms with Gasteiger partial charge in [-0.05, 0) is 131 Å². The third-order valence-electron chi connectivity index (χ3n) is 16.4. The minimum atomic E-state index is -3.74. The van der Waals surface area contributed by atoms with Gasteiger partial charge in [-0.25, -0.2) is 22.0 Å². The molecule has 0 radical (unpaired) electrons. The Hall–Kier alpha value is -4.12. The van der Waals surface area contributed by atoms with Gasteiger partial charge in [0.05, 0.1) is 12.0 Å². The number of methoxy groups -OCH3 is 1. The summed E-state index contributed by atoms with van der Waals surface area (Å²) in [5.41, 5.74) is 1.99. The molecule has 6 saturated heterocycles. The maximum absolute atomic E-state index is 15.3. The van der Waals surface area contributed by atoms with Crippen LogP contribution in [0.3, 0.4) is 0 Å². The lowest BCUT2D eigenvalue weighted by atomic mass is 9.58. The molecule has 67 heavy (non-hydrogen) atoms. The number of nitrogens with zero attached hydrogens (tertiary/aromatic N) is 6. The first-order chi connectivity index (χ1) is 32.4. The largest absolute Gasteiger partial charge is 0.453 e. The summed E-state index contributed by atoms with van der Waals surface area (Å²) in [6, 6.07) is 12.4. The zero-order chi connectivity index (χ0) is 46.7. The number of benzene rings is 2. The molecule has 6 aliphatic heterocycles. The molecule has 1 aliphatic carbocycles. The van der Waals surface area contributed by atoms with Crippen molar-refractivity contribution in [3.63, 3.8) is 0 Å². The van der Waals surface area contributed by atoms with E-state index in [-0.39, 0.29) is 66.6 Å². The lowest BCUT2D eigenvalue weighted by Gasteiger charge is -2.53. The highest BCUT2D eigenvalue weighted by Gasteiger charge is 2.53. The van der Waals surface area contributed by atoms with Crippen molar-refractivity contribution >= 4 is 33.4 Å². The van der Waals surface area contributed by atoms with Gasteiger partial charge in [-0.3, -0.25) is 19.4 Å². The summed E-state index contributed by atoms with van der Waals surface area (Å²) in [6.07, 6.45) is 12.4. The molecule has 1 N–H and O–H groups in total. The fourth-order valence-corrected chi connectivity index (χ4v) is 14.5. The van der Waals surface area contributed by atoms with Gasteiger partial charge >= 0.3 is 6.09 Å². The molecule has 0 bridgehead atoms. The first-order valence-electron chi connectivity index (χ1n) is 25.2. The van der Waals surface area contributed by atoms with E-state index in [1.165, 1.54) is 32.4 Å². The van der Waals surface area contributed by atoms with Crippen LogP contribution in [0.4, 0.5) is 19.3 Å². The number of hydrogen-bond donors (Lipinski definition) is 1. The summed E-state index contributed by atoms with van der Waals surface area (Å²) >= 11 is 0. The lowest BCUT2D eigenvalue weighted by Crippen LogP contribution is -2.59. The number of alkyl carbamates (subject to hydrolysis) is 1. The van der Waals surface area contributed by atoms with Crippen molar-refractivity contribution in [3.8, 4) is 0 Å². The topological polar surface area (TPSA) is 126 Å². The number of sulfone groups is 1. The molecule has 366 valence electrons. The van der Waals surface area contributed by atoms with E-state index in [4.69, 9.17) is 4.74 Å². The number of alkyl halides is 1. The second-order valence-electron chi connectivity index (χ2n) is 20.7. The van der Waals surface area contributed by atoms with Gasteiger partial charge in [0.2, 0.25) is 11.8 Å². The van der Waals surface area contributed by atoms with Crippen LogP contribution in [0.2, 0.25) is 0 Å². The second kappa shape index (κ2) is 20.9. The van der Waals surface area contributed by atoms with E-state index >= 15 is 4.39 Å². The van der Waals surface area contributed by atoms with E-state index < -0.39 is 32.8 Å². The van der Waals surface area contributed by atoms with Gasteiger partial charge in [-0.1, -0.05) is 31.1 Å². The lowest BCUT2D eigenvalue weighted by molar-refractivity contribution is -0.135. The van der Waals surface area contributed by atoms with Crippen molar-refractivity contribution in [1.29, 1.82) is 0 Å². The number of carbonyl (C=O) groups excluding carboxylic acids is 3. The van der Waals surface area contributed by atoms with E-state index in [0.717, 1.165) is 109 Å². The number of anilines is 1. The summed E-state index contributed by atoms with van der Waals surface area (Å²) in [4.78, 5) is 52.1. The number of carbonyl (C=O) groups is 3. The molecular formula is C51H71F2N7O6S. The third kappa shape index (κ3) is 10.6. The molecule has 2 aromatic carbocycles. The molecule has 3 atom stereocenters. The standard InChI is InChI=1S/C51H71F2N7O6S/c1-66-50(63)54-46-13-8-12-45(46)51(40-10-7-11-41(52)27-40,36-58-23-6-3-14-48(58)61)39-18-24-56(25-19-39)28-37-29-59(30-37)43-16-17-47(38(26-43)31-57-32-42(53)33-57)67(64,65)44-34-60(35-44)49(62)15-9-22-55-20-4-2-5-21-55/h7,9-11,15-17,26-27,37,39,42,44-46H,2-6,8,12-14,18-25,28-36H2,1H3,(H,54,63)/b15-9+/t45-,46-,51-/m0/s1. The number of hydrogen-bond acceptors (Lipinski definition) is 10. The number of halogens is 2. The molecule has 0 spiro atoms. The molecule has 9 rings (SSSR count). The van der Waals surface area contributed by atoms with Crippen LogP contribution >= 0.6 is 0 Å². The monoisotopic (exact) mass is 948 g/mol. The molecule has 7 aliphatic rings. The normalized spacial score (nSPS) is 25.5. The second-order valence-corrected chi connectivity index (χ2v) is 22.9. The summed E-state index contributed by atoms with van der Waals surface area (Å²) in [6.45, 7) is 9.58.